The van der Waals surface area contributed by atoms with E-state index < -0.39 is 11.7 Å². The van der Waals surface area contributed by atoms with Gasteiger partial charge in [0.25, 0.3) is 0 Å². The lowest BCUT2D eigenvalue weighted by Crippen LogP contribution is -2.39. The molecule has 1 N–H and O–H groups in total. The fourth-order valence-corrected chi connectivity index (χ4v) is 5.11. The summed E-state index contributed by atoms with van der Waals surface area (Å²) < 4.78 is 11.5. The number of benzene rings is 2. The molecule has 0 fully saturated rings. The van der Waals surface area contributed by atoms with Crippen LogP contribution >= 0.6 is 11.6 Å². The molecule has 0 atom stereocenters. The zero-order chi connectivity index (χ0) is 32.6. The van der Waals surface area contributed by atoms with Gasteiger partial charge in [-0.1, -0.05) is 73.1 Å². The Morgan fingerprint density at radius 2 is 1.69 bits per heavy atom. The van der Waals surface area contributed by atoms with Crippen LogP contribution in [0.2, 0.25) is 5.02 Å². The minimum atomic E-state index is -0.660. The molecule has 0 aliphatic rings. The Morgan fingerprint density at radius 1 is 0.978 bits per heavy atom. The molecule has 2 amide bonds. The van der Waals surface area contributed by atoms with Gasteiger partial charge in [-0.2, -0.15) is 0 Å². The van der Waals surface area contributed by atoms with Gasteiger partial charge in [0.2, 0.25) is 11.8 Å². The number of likely N-dealkylation sites (N-methyl/N-ethyl adjacent to an activating group) is 1. The molecule has 4 rings (SSSR count). The third kappa shape index (κ3) is 8.76. The van der Waals surface area contributed by atoms with Crippen molar-refractivity contribution in [2.45, 2.75) is 39.7 Å². The molecule has 0 spiro atoms. The number of para-hydroxylation sites is 1. The summed E-state index contributed by atoms with van der Waals surface area (Å²) in [5.41, 5.74) is 5.24. The lowest BCUT2D eigenvalue weighted by atomic mass is 9.91. The van der Waals surface area contributed by atoms with Crippen molar-refractivity contribution < 1.29 is 19.1 Å². The maximum atomic E-state index is 12.9. The summed E-state index contributed by atoms with van der Waals surface area (Å²) in [5, 5.41) is 1.62. The number of fused-ring (bicyclic) bond motifs is 1. The molecule has 0 aliphatic heterocycles. The van der Waals surface area contributed by atoms with Crippen LogP contribution in [0.5, 0.6) is 5.88 Å². The average Bonchev–Trinajstić information content (AvgIpc) is 3.34. The van der Waals surface area contributed by atoms with Crippen LogP contribution in [0, 0.1) is 0 Å². The molecule has 0 saturated carbocycles. The maximum absolute atomic E-state index is 12.9. The normalized spacial score (nSPS) is 12.2. The number of nitrogens with one attached hydrogen (secondary N) is 1. The predicted octanol–water partition coefficient (Wildman–Crippen LogP) is 7.85. The fourth-order valence-electron chi connectivity index (χ4n) is 4.80. The third-order valence-electron chi connectivity index (χ3n) is 6.99. The van der Waals surface area contributed by atoms with E-state index in [9.17, 15) is 9.59 Å². The number of amides is 2. The first kappa shape index (κ1) is 33.3. The summed E-state index contributed by atoms with van der Waals surface area (Å²) in [5.74, 6) is 0.251. The van der Waals surface area contributed by atoms with Crippen LogP contribution in [-0.4, -0.2) is 71.2 Å². The minimum Gasteiger partial charge on any atom is -0.476 e. The summed E-state index contributed by atoms with van der Waals surface area (Å²) in [4.78, 5) is 35.9. The Kier molecular flexibility index (Phi) is 11.1. The molecule has 0 saturated heterocycles. The van der Waals surface area contributed by atoms with Gasteiger partial charge in [0.1, 0.15) is 12.2 Å². The van der Waals surface area contributed by atoms with Gasteiger partial charge in [-0.15, -0.1) is 0 Å². The molecule has 45 heavy (non-hydrogen) atoms. The molecule has 0 bridgehead atoms. The molecule has 4 aromatic rings. The van der Waals surface area contributed by atoms with Crippen LogP contribution < -0.4 is 4.74 Å². The maximum Gasteiger partial charge on any atom is 0.410 e. The average molecular weight is 629 g/mol. The number of hydrogen-bond donors (Lipinski definition) is 1. The first-order valence-corrected chi connectivity index (χ1v) is 15.4. The molecule has 2 aromatic carbocycles. The largest absolute Gasteiger partial charge is 0.476 e. The molecule has 2 heterocycles. The van der Waals surface area contributed by atoms with Crippen LogP contribution in [0.1, 0.15) is 50.9 Å². The summed E-state index contributed by atoms with van der Waals surface area (Å²) >= 11 is 6.98. The Balaban J connectivity index is 1.57. The Labute approximate surface area is 270 Å². The van der Waals surface area contributed by atoms with Gasteiger partial charge in [0, 0.05) is 61.0 Å². The van der Waals surface area contributed by atoms with E-state index in [4.69, 9.17) is 21.1 Å². The van der Waals surface area contributed by atoms with Crippen molar-refractivity contribution in [3.8, 4) is 5.88 Å². The van der Waals surface area contributed by atoms with Crippen LogP contribution in [0.15, 0.2) is 85.1 Å². The van der Waals surface area contributed by atoms with Crippen LogP contribution in [0.25, 0.3) is 22.0 Å². The second-order valence-electron chi connectivity index (χ2n) is 11.7. The molecule has 0 unspecified atom stereocenters. The summed E-state index contributed by atoms with van der Waals surface area (Å²) in [6, 6.07) is 22.0. The van der Waals surface area contributed by atoms with Crippen molar-refractivity contribution in [3.63, 3.8) is 0 Å². The number of halogens is 1. The lowest BCUT2D eigenvalue weighted by molar-refractivity contribution is -0.123. The number of aromatic amines is 1. The van der Waals surface area contributed by atoms with Gasteiger partial charge in [-0.25, -0.2) is 9.78 Å². The number of ether oxygens (including phenoxy) is 2. The van der Waals surface area contributed by atoms with E-state index >= 15 is 0 Å². The van der Waals surface area contributed by atoms with Crippen LogP contribution in [-0.2, 0) is 9.53 Å². The molecule has 9 heteroatoms. The number of hydrogen-bond acceptors (Lipinski definition) is 5. The first-order chi connectivity index (χ1) is 21.5. The minimum absolute atomic E-state index is 0.166. The van der Waals surface area contributed by atoms with Gasteiger partial charge < -0.3 is 24.3 Å². The number of carbonyl (C=O) groups excluding carboxylic acids is 2. The second-order valence-corrected chi connectivity index (χ2v) is 12.1. The zero-order valence-corrected chi connectivity index (χ0v) is 27.5. The topological polar surface area (TPSA) is 87.8 Å². The molecule has 0 radical (unpaired) electrons. The Hall–Kier alpha value is -4.56. The number of rotatable bonds is 11. The van der Waals surface area contributed by atoms with E-state index in [2.05, 4.69) is 29.0 Å². The van der Waals surface area contributed by atoms with Gasteiger partial charge in [0.15, 0.2) is 0 Å². The van der Waals surface area contributed by atoms with E-state index in [1.54, 1.807) is 26.4 Å². The number of pyridine rings is 1. The van der Waals surface area contributed by atoms with E-state index in [0.29, 0.717) is 10.9 Å². The van der Waals surface area contributed by atoms with E-state index in [1.807, 2.05) is 75.4 Å². The van der Waals surface area contributed by atoms with E-state index in [0.717, 1.165) is 45.3 Å². The molecular weight excluding hydrogens is 588 g/mol. The van der Waals surface area contributed by atoms with Gasteiger partial charge in [-0.3, -0.25) is 4.79 Å². The fraction of sp³-hybridized carbons (Fsp3) is 0.306. The van der Waals surface area contributed by atoms with Crippen LogP contribution in [0.3, 0.4) is 0 Å². The molecule has 236 valence electrons. The zero-order valence-electron chi connectivity index (χ0n) is 26.8. The number of allylic oxidation sites excluding steroid dienone is 1. The molecular formula is C36H41ClN4O4. The molecule has 0 aliphatic carbocycles. The Morgan fingerprint density at radius 3 is 2.31 bits per heavy atom. The molecule has 8 nitrogen and oxygen atoms in total. The second kappa shape index (κ2) is 14.9. The highest BCUT2D eigenvalue weighted by Crippen LogP contribution is 2.40. The highest BCUT2D eigenvalue weighted by atomic mass is 35.5. The number of aromatic nitrogens is 2. The molecule has 2 aromatic heterocycles. The van der Waals surface area contributed by atoms with Gasteiger partial charge >= 0.3 is 6.09 Å². The Bertz CT molecular complexity index is 1670. The summed E-state index contributed by atoms with van der Waals surface area (Å²) in [6.45, 7) is 8.18. The predicted molar refractivity (Wildman–Crippen MR) is 181 cm³/mol. The standard InChI is InChI=1S/C36H41ClN4O4/c1-7-27(25-14-9-8-10-15-25)32(34-33(37)28-16-11-12-17-29(28)39-34)26-19-20-30(38-24-26)44-23-22-41(35(43)45-36(2,3)4)21-13-18-31(42)40(5)6/h8-20,24,39H,7,21-23H2,1-6H3/b18-13+,32-27+. The highest BCUT2D eigenvalue weighted by molar-refractivity contribution is 6.38. The lowest BCUT2D eigenvalue weighted by Gasteiger charge is -2.26. The number of H-pyrrole nitrogens is 1. The van der Waals surface area contributed by atoms with Crippen molar-refractivity contribution >= 4 is 45.7 Å². The number of carbonyl (C=O) groups is 2. The number of nitrogens with zero attached hydrogens (tertiary/aromatic N) is 3. The van der Waals surface area contributed by atoms with Gasteiger partial charge in [-0.05, 0) is 50.5 Å². The monoisotopic (exact) mass is 628 g/mol. The van der Waals surface area contributed by atoms with Crippen LogP contribution in [0.4, 0.5) is 4.79 Å². The summed E-state index contributed by atoms with van der Waals surface area (Å²) in [6.07, 6.45) is 5.14. The highest BCUT2D eigenvalue weighted by Gasteiger charge is 2.22. The van der Waals surface area contributed by atoms with Crippen molar-refractivity contribution in [2.75, 3.05) is 33.8 Å². The first-order valence-electron chi connectivity index (χ1n) is 15.0. The SMILES string of the molecule is CC/C(=C(/c1ccc(OCCN(C/C=C/C(=O)N(C)C)C(=O)OC(C)(C)C)nc1)c1[nH]c2ccccc2c1Cl)c1ccccc1. The van der Waals surface area contributed by atoms with Crippen molar-refractivity contribution in [2.24, 2.45) is 0 Å². The van der Waals surface area contributed by atoms with Crippen molar-refractivity contribution in [1.82, 2.24) is 19.8 Å². The van der Waals surface area contributed by atoms with E-state index in [1.165, 1.54) is 15.9 Å². The van der Waals surface area contributed by atoms with E-state index in [-0.39, 0.29) is 25.6 Å². The summed E-state index contributed by atoms with van der Waals surface area (Å²) in [7, 11) is 3.34. The van der Waals surface area contributed by atoms with Crippen molar-refractivity contribution in [1.29, 1.82) is 0 Å². The quantitative estimate of drug-likeness (QED) is 0.171. The van der Waals surface area contributed by atoms with Crippen molar-refractivity contribution in [3.05, 3.63) is 107 Å². The van der Waals surface area contributed by atoms with Gasteiger partial charge in [0.05, 0.1) is 17.3 Å². The smallest absolute Gasteiger partial charge is 0.410 e. The third-order valence-corrected chi connectivity index (χ3v) is 7.38.